The van der Waals surface area contributed by atoms with Crippen LogP contribution >= 0.6 is 0 Å². The highest BCUT2D eigenvalue weighted by Gasteiger charge is 2.37. The number of quaternary nitrogens is 1. The Bertz CT molecular complexity index is 845. The zero-order chi connectivity index (χ0) is 18.0. The molecule has 0 spiro atoms. The highest BCUT2D eigenvalue weighted by Crippen LogP contribution is 2.28. The van der Waals surface area contributed by atoms with Gasteiger partial charge in [-0.15, -0.1) is 8.42 Å². The SMILES string of the molecule is COc1ccc(NC(=O)c2ccccc2[N+](C)(C)S(=O)(=O)O)cc1. The summed E-state index contributed by atoms with van der Waals surface area (Å²) >= 11 is 0. The minimum atomic E-state index is -4.45. The van der Waals surface area contributed by atoms with Gasteiger partial charge in [0, 0.05) is 11.8 Å². The second-order valence-electron chi connectivity index (χ2n) is 5.50. The maximum Gasteiger partial charge on any atom is 0.437 e. The van der Waals surface area contributed by atoms with Crippen molar-refractivity contribution in [1.82, 2.24) is 3.89 Å². The molecule has 0 saturated heterocycles. The summed E-state index contributed by atoms with van der Waals surface area (Å²) in [6.45, 7) is 0. The zero-order valence-corrected chi connectivity index (χ0v) is 14.4. The number of para-hydroxylation sites is 1. The van der Waals surface area contributed by atoms with Crippen LogP contribution in [-0.2, 0) is 10.3 Å². The van der Waals surface area contributed by atoms with Gasteiger partial charge in [0.15, 0.2) is 5.69 Å². The summed E-state index contributed by atoms with van der Waals surface area (Å²) in [4.78, 5) is 12.5. The predicted octanol–water partition coefficient (Wildman–Crippen LogP) is 2.32. The van der Waals surface area contributed by atoms with Gasteiger partial charge in [-0.05, 0) is 30.3 Å². The van der Waals surface area contributed by atoms with Crippen LogP contribution in [0.1, 0.15) is 10.4 Å². The zero-order valence-electron chi connectivity index (χ0n) is 13.6. The Labute approximate surface area is 141 Å². The summed E-state index contributed by atoms with van der Waals surface area (Å²) in [6, 6.07) is 12.9. The highest BCUT2D eigenvalue weighted by atomic mass is 32.2. The van der Waals surface area contributed by atoms with Crippen LogP contribution in [0.2, 0.25) is 0 Å². The molecule has 0 radical (unpaired) electrons. The summed E-state index contributed by atoms with van der Waals surface area (Å²) in [5.74, 6) is 0.170. The molecule has 0 unspecified atom stereocenters. The van der Waals surface area contributed by atoms with Crippen molar-refractivity contribution >= 4 is 27.6 Å². The van der Waals surface area contributed by atoms with Gasteiger partial charge in [-0.25, -0.2) is 4.55 Å². The van der Waals surface area contributed by atoms with Crippen molar-refractivity contribution in [1.29, 1.82) is 0 Å². The van der Waals surface area contributed by atoms with Crippen molar-refractivity contribution in [3.8, 4) is 5.75 Å². The van der Waals surface area contributed by atoms with Crippen LogP contribution in [0.5, 0.6) is 5.75 Å². The van der Waals surface area contributed by atoms with Crippen molar-refractivity contribution in [2.24, 2.45) is 0 Å². The van der Waals surface area contributed by atoms with Gasteiger partial charge in [0.1, 0.15) is 11.3 Å². The van der Waals surface area contributed by atoms with Crippen LogP contribution < -0.4 is 13.9 Å². The molecule has 0 aliphatic heterocycles. The Morgan fingerprint density at radius 3 is 2.21 bits per heavy atom. The minimum absolute atomic E-state index is 0.149. The number of ether oxygens (including phenoxy) is 1. The quantitative estimate of drug-likeness (QED) is 0.637. The lowest BCUT2D eigenvalue weighted by Crippen LogP contribution is -2.47. The number of hydrogen-bond donors (Lipinski definition) is 2. The molecule has 7 nitrogen and oxygen atoms in total. The molecule has 8 heteroatoms. The monoisotopic (exact) mass is 351 g/mol. The third kappa shape index (κ3) is 3.56. The molecule has 0 aliphatic carbocycles. The Morgan fingerprint density at radius 2 is 1.67 bits per heavy atom. The number of hydrogen-bond acceptors (Lipinski definition) is 4. The van der Waals surface area contributed by atoms with Gasteiger partial charge < -0.3 is 10.1 Å². The van der Waals surface area contributed by atoms with Crippen LogP contribution in [0.3, 0.4) is 0 Å². The summed E-state index contributed by atoms with van der Waals surface area (Å²) in [6.07, 6.45) is 0. The average Bonchev–Trinajstić information content (AvgIpc) is 2.54. The molecule has 0 atom stereocenters. The molecule has 2 N–H and O–H groups in total. The van der Waals surface area contributed by atoms with E-state index >= 15 is 0 Å². The first-order chi connectivity index (χ1) is 11.2. The normalized spacial score (nSPS) is 11.8. The van der Waals surface area contributed by atoms with Crippen LogP contribution in [0, 0.1) is 0 Å². The van der Waals surface area contributed by atoms with Gasteiger partial charge in [-0.2, -0.15) is 3.89 Å². The summed E-state index contributed by atoms with van der Waals surface area (Å²) in [5.41, 5.74) is 0.842. The minimum Gasteiger partial charge on any atom is -0.497 e. The molecule has 0 aromatic heterocycles. The third-order valence-corrected chi connectivity index (χ3v) is 5.00. The van der Waals surface area contributed by atoms with E-state index in [0.29, 0.717) is 11.4 Å². The Hall–Kier alpha value is -2.42. The second kappa shape index (κ2) is 6.60. The first kappa shape index (κ1) is 17.9. The lowest BCUT2D eigenvalue weighted by Gasteiger charge is -2.25. The summed E-state index contributed by atoms with van der Waals surface area (Å²) < 4.78 is 36.9. The fraction of sp³-hybridized carbons (Fsp3) is 0.188. The molecule has 0 aliphatic rings. The first-order valence-corrected chi connectivity index (χ1v) is 8.43. The molecular formula is C16H19N2O5S+. The number of carbonyl (C=O) groups is 1. The summed E-state index contributed by atoms with van der Waals surface area (Å²) in [7, 11) is -0.338. The molecule has 0 saturated carbocycles. The largest absolute Gasteiger partial charge is 0.497 e. The van der Waals surface area contributed by atoms with Crippen molar-refractivity contribution in [2.75, 3.05) is 26.5 Å². The Kier molecular flexibility index (Phi) is 4.93. The fourth-order valence-electron chi connectivity index (χ4n) is 2.13. The number of nitrogens with zero attached hydrogens (tertiary/aromatic N) is 1. The van der Waals surface area contributed by atoms with Gasteiger partial charge in [0.05, 0.1) is 21.2 Å². The van der Waals surface area contributed by atoms with Gasteiger partial charge in [-0.3, -0.25) is 4.79 Å². The third-order valence-electron chi connectivity index (χ3n) is 3.65. The molecule has 0 heterocycles. The Balaban J connectivity index is 2.37. The van der Waals surface area contributed by atoms with E-state index in [1.54, 1.807) is 43.5 Å². The lowest BCUT2D eigenvalue weighted by molar-refractivity contribution is 0.102. The smallest absolute Gasteiger partial charge is 0.437 e. The molecule has 1 amide bonds. The van der Waals surface area contributed by atoms with Gasteiger partial charge in [0.2, 0.25) is 0 Å². The number of anilines is 1. The molecule has 128 valence electrons. The molecular weight excluding hydrogens is 332 g/mol. The number of amides is 1. The van der Waals surface area contributed by atoms with Gasteiger partial charge >= 0.3 is 10.3 Å². The van der Waals surface area contributed by atoms with Crippen LogP contribution in [0.4, 0.5) is 11.4 Å². The van der Waals surface area contributed by atoms with E-state index in [1.165, 1.54) is 26.2 Å². The van der Waals surface area contributed by atoms with E-state index < -0.39 is 20.1 Å². The molecule has 0 fully saturated rings. The van der Waals surface area contributed by atoms with E-state index in [-0.39, 0.29) is 11.3 Å². The van der Waals surface area contributed by atoms with E-state index in [9.17, 15) is 17.8 Å². The molecule has 2 rings (SSSR count). The van der Waals surface area contributed by atoms with E-state index in [0.717, 1.165) is 0 Å². The maximum absolute atomic E-state index is 12.5. The van der Waals surface area contributed by atoms with Crippen LogP contribution in [0.25, 0.3) is 0 Å². The van der Waals surface area contributed by atoms with E-state index in [1.807, 2.05) is 0 Å². The van der Waals surface area contributed by atoms with E-state index in [4.69, 9.17) is 4.74 Å². The molecule has 2 aromatic carbocycles. The van der Waals surface area contributed by atoms with Crippen molar-refractivity contribution in [3.63, 3.8) is 0 Å². The number of nitrogens with one attached hydrogen (secondary N) is 1. The highest BCUT2D eigenvalue weighted by molar-refractivity contribution is 7.85. The molecule has 2 aromatic rings. The first-order valence-electron chi connectivity index (χ1n) is 7.03. The van der Waals surface area contributed by atoms with Crippen molar-refractivity contribution in [3.05, 3.63) is 54.1 Å². The van der Waals surface area contributed by atoms with Crippen molar-refractivity contribution < 1.29 is 22.5 Å². The second-order valence-corrected chi connectivity index (χ2v) is 7.31. The fourth-order valence-corrected chi connectivity index (χ4v) is 2.54. The number of benzene rings is 2. The van der Waals surface area contributed by atoms with Crippen LogP contribution in [0.15, 0.2) is 48.5 Å². The lowest BCUT2D eigenvalue weighted by atomic mass is 10.1. The number of rotatable bonds is 5. The maximum atomic E-state index is 12.5. The average molecular weight is 351 g/mol. The molecule has 24 heavy (non-hydrogen) atoms. The van der Waals surface area contributed by atoms with Gasteiger partial charge in [-0.1, -0.05) is 12.1 Å². The number of carbonyl (C=O) groups excluding carboxylic acids is 1. The van der Waals surface area contributed by atoms with Crippen LogP contribution in [-0.4, -0.2) is 40.1 Å². The standard InChI is InChI=1S/C16H18N2O5S/c1-18(2,24(20,21)22)15-7-5-4-6-14(15)16(19)17-12-8-10-13(23-3)11-9-12/h4-11H,1-3H3,(H-,17,19,20,21,22)/p+1. The summed E-state index contributed by atoms with van der Waals surface area (Å²) in [5, 5.41) is 2.69. The Morgan fingerprint density at radius 1 is 1.08 bits per heavy atom. The molecule has 0 bridgehead atoms. The van der Waals surface area contributed by atoms with Gasteiger partial charge in [0.25, 0.3) is 5.91 Å². The number of methoxy groups -OCH3 is 1. The van der Waals surface area contributed by atoms with Crippen molar-refractivity contribution in [2.45, 2.75) is 0 Å². The predicted molar refractivity (Wildman–Crippen MR) is 92.6 cm³/mol. The topological polar surface area (TPSA) is 92.7 Å². The van der Waals surface area contributed by atoms with E-state index in [2.05, 4.69) is 5.32 Å².